The van der Waals surface area contributed by atoms with Crippen molar-refractivity contribution in [2.45, 2.75) is 18.3 Å². The molecule has 0 rings (SSSR count). The van der Waals surface area contributed by atoms with Gasteiger partial charge >= 0.3 is 0 Å². The average molecular weight is 181 g/mol. The van der Waals surface area contributed by atoms with Crippen molar-refractivity contribution >= 4 is 5.78 Å². The van der Waals surface area contributed by atoms with E-state index in [0.717, 1.165) is 0 Å². The molecule has 0 heterocycles. The van der Waals surface area contributed by atoms with E-state index in [4.69, 9.17) is 25.5 Å². The van der Waals surface area contributed by atoms with Crippen LogP contribution in [0, 0.1) is 0 Å². The first-order valence-corrected chi connectivity index (χ1v) is 3.34. The van der Waals surface area contributed by atoms with E-state index < -0.39 is 37.3 Å². The molecule has 0 saturated carbocycles. The van der Waals surface area contributed by atoms with Crippen LogP contribution in [0.5, 0.6) is 0 Å². The molecule has 0 spiro atoms. The van der Waals surface area contributed by atoms with E-state index in [1.165, 1.54) is 0 Å². The standard InChI is InChI=1S/C6H12O6/c7-1-3(9)5(11)6(12)4(10)2-8/h3-5,7-11H,1-2H2/t3-,4+,5-/m1/s1/i2+1. The van der Waals surface area contributed by atoms with Gasteiger partial charge in [-0.3, -0.25) is 4.79 Å². The smallest absolute Gasteiger partial charge is 0.194 e. The van der Waals surface area contributed by atoms with Crippen molar-refractivity contribution in [2.24, 2.45) is 0 Å². The molecule has 0 fully saturated rings. The van der Waals surface area contributed by atoms with Crippen LogP contribution in [0.4, 0.5) is 0 Å². The maximum Gasteiger partial charge on any atom is 0.194 e. The summed E-state index contributed by atoms with van der Waals surface area (Å²) in [6.07, 6.45) is -5.21. The van der Waals surface area contributed by atoms with Crippen LogP contribution in [0.1, 0.15) is 0 Å². The van der Waals surface area contributed by atoms with Gasteiger partial charge in [0.15, 0.2) is 5.78 Å². The van der Waals surface area contributed by atoms with E-state index in [-0.39, 0.29) is 0 Å². The summed E-state index contributed by atoms with van der Waals surface area (Å²) in [5.41, 5.74) is 0. The number of carbonyl (C=O) groups excluding carboxylic acids is 1. The molecule has 12 heavy (non-hydrogen) atoms. The van der Waals surface area contributed by atoms with Gasteiger partial charge in [-0.2, -0.15) is 0 Å². The number of aliphatic hydroxyl groups excluding tert-OH is 5. The topological polar surface area (TPSA) is 118 Å². The lowest BCUT2D eigenvalue weighted by Gasteiger charge is -2.16. The van der Waals surface area contributed by atoms with Gasteiger partial charge in [-0.25, -0.2) is 0 Å². The Balaban J connectivity index is 4.09. The summed E-state index contributed by atoms with van der Waals surface area (Å²) < 4.78 is 0. The van der Waals surface area contributed by atoms with Crippen molar-refractivity contribution in [1.29, 1.82) is 0 Å². The number of hydrogen-bond acceptors (Lipinski definition) is 6. The van der Waals surface area contributed by atoms with Gasteiger partial charge in [0, 0.05) is 0 Å². The number of ketones is 1. The van der Waals surface area contributed by atoms with Crippen LogP contribution in [-0.4, -0.2) is 62.8 Å². The molecule has 0 amide bonds. The molecule has 0 aliphatic carbocycles. The molecule has 0 unspecified atom stereocenters. The van der Waals surface area contributed by atoms with E-state index in [0.29, 0.717) is 0 Å². The van der Waals surface area contributed by atoms with Crippen LogP contribution in [0.3, 0.4) is 0 Å². The Kier molecular flexibility index (Phi) is 4.95. The molecule has 0 aromatic carbocycles. The van der Waals surface area contributed by atoms with Crippen LogP contribution < -0.4 is 0 Å². The van der Waals surface area contributed by atoms with Crippen LogP contribution in [0.25, 0.3) is 0 Å². The molecule has 0 bridgehead atoms. The molecule has 0 aromatic heterocycles. The lowest BCUT2D eigenvalue weighted by molar-refractivity contribution is -0.144. The Bertz CT molecular complexity index is 147. The summed E-state index contributed by atoms with van der Waals surface area (Å²) in [7, 11) is 0. The molecule has 3 atom stereocenters. The number of aliphatic hydroxyl groups is 5. The molecule has 0 saturated heterocycles. The fraction of sp³-hybridized carbons (Fsp3) is 0.833. The molecule has 0 aromatic rings. The van der Waals surface area contributed by atoms with E-state index in [1.807, 2.05) is 0 Å². The highest BCUT2D eigenvalue weighted by Gasteiger charge is 2.28. The second-order valence-corrected chi connectivity index (χ2v) is 2.30. The Morgan fingerprint density at radius 2 is 1.58 bits per heavy atom. The van der Waals surface area contributed by atoms with Crippen molar-refractivity contribution in [1.82, 2.24) is 0 Å². The lowest BCUT2D eigenvalue weighted by atomic mass is 10.1. The normalized spacial score (nSPS) is 18.4. The van der Waals surface area contributed by atoms with Crippen LogP contribution in [0.2, 0.25) is 0 Å². The third-order valence-electron chi connectivity index (χ3n) is 1.34. The van der Waals surface area contributed by atoms with Crippen molar-refractivity contribution in [3.63, 3.8) is 0 Å². The van der Waals surface area contributed by atoms with Crippen molar-refractivity contribution in [3.05, 3.63) is 0 Å². The monoisotopic (exact) mass is 181 g/mol. The fourth-order valence-corrected chi connectivity index (χ4v) is 0.577. The maximum absolute atomic E-state index is 10.7. The summed E-state index contributed by atoms with van der Waals surface area (Å²) >= 11 is 0. The first kappa shape index (κ1) is 11.5. The van der Waals surface area contributed by atoms with Gasteiger partial charge in [0.25, 0.3) is 0 Å². The highest BCUT2D eigenvalue weighted by atomic mass is 16.4. The van der Waals surface area contributed by atoms with Gasteiger partial charge in [0.05, 0.1) is 13.2 Å². The molecule has 0 aliphatic rings. The summed E-state index contributed by atoms with van der Waals surface area (Å²) in [6, 6.07) is 0. The molecule has 72 valence electrons. The number of hydrogen-bond donors (Lipinski definition) is 5. The molecule has 5 N–H and O–H groups in total. The quantitative estimate of drug-likeness (QED) is 0.282. The number of rotatable bonds is 5. The number of carbonyl (C=O) groups is 1. The third-order valence-corrected chi connectivity index (χ3v) is 1.34. The van der Waals surface area contributed by atoms with Crippen molar-refractivity contribution in [3.8, 4) is 0 Å². The summed E-state index contributed by atoms with van der Waals surface area (Å²) in [5.74, 6) is -1.11. The zero-order valence-electron chi connectivity index (χ0n) is 6.29. The minimum Gasteiger partial charge on any atom is -0.394 e. The van der Waals surface area contributed by atoms with Crippen LogP contribution >= 0.6 is 0 Å². The van der Waals surface area contributed by atoms with Crippen molar-refractivity contribution in [2.75, 3.05) is 13.2 Å². The Labute approximate surface area is 68.7 Å². The summed E-state index contributed by atoms with van der Waals surface area (Å²) in [5, 5.41) is 42.9. The number of Topliss-reactive ketones (excluding diaryl/α,β-unsaturated/α-hetero) is 1. The van der Waals surface area contributed by atoms with E-state index in [1.54, 1.807) is 0 Å². The highest BCUT2D eigenvalue weighted by molar-refractivity contribution is 5.87. The second-order valence-electron chi connectivity index (χ2n) is 2.30. The van der Waals surface area contributed by atoms with Crippen LogP contribution in [0.15, 0.2) is 0 Å². The molecule has 0 radical (unpaired) electrons. The molecular formula is C6H12O6. The largest absolute Gasteiger partial charge is 0.394 e. The van der Waals surface area contributed by atoms with Gasteiger partial charge in [-0.1, -0.05) is 0 Å². The fourth-order valence-electron chi connectivity index (χ4n) is 0.577. The van der Waals surface area contributed by atoms with Crippen LogP contribution in [-0.2, 0) is 4.79 Å². The Morgan fingerprint density at radius 3 is 1.92 bits per heavy atom. The summed E-state index contributed by atoms with van der Waals surface area (Å²) in [4.78, 5) is 10.7. The Morgan fingerprint density at radius 1 is 1.08 bits per heavy atom. The van der Waals surface area contributed by atoms with Gasteiger partial charge in [-0.05, 0) is 0 Å². The maximum atomic E-state index is 10.7. The second kappa shape index (κ2) is 5.18. The zero-order chi connectivity index (χ0) is 9.72. The van der Waals surface area contributed by atoms with Gasteiger partial charge < -0.3 is 25.5 Å². The predicted octanol–water partition coefficient (Wildman–Crippen LogP) is -3.38. The average Bonchev–Trinajstić information content (AvgIpc) is 2.12. The minimum absolute atomic E-state index is 0.787. The predicted molar refractivity (Wildman–Crippen MR) is 37.2 cm³/mol. The van der Waals surface area contributed by atoms with E-state index in [2.05, 4.69) is 0 Å². The first-order chi connectivity index (χ1) is 5.54. The third kappa shape index (κ3) is 2.84. The van der Waals surface area contributed by atoms with E-state index >= 15 is 0 Å². The first-order valence-electron chi connectivity index (χ1n) is 3.34. The van der Waals surface area contributed by atoms with E-state index in [9.17, 15) is 4.79 Å². The minimum atomic E-state index is -1.86. The van der Waals surface area contributed by atoms with Crippen molar-refractivity contribution < 1.29 is 30.3 Å². The van der Waals surface area contributed by atoms with Gasteiger partial charge in [0.1, 0.15) is 18.3 Å². The molecule has 6 heteroatoms. The zero-order valence-corrected chi connectivity index (χ0v) is 6.29. The van der Waals surface area contributed by atoms with Gasteiger partial charge in [-0.15, -0.1) is 0 Å². The molecule has 6 nitrogen and oxygen atoms in total. The molecular weight excluding hydrogens is 169 g/mol. The molecule has 0 aliphatic heterocycles. The lowest BCUT2D eigenvalue weighted by Crippen LogP contribution is -2.43. The van der Waals surface area contributed by atoms with Gasteiger partial charge in [0.2, 0.25) is 0 Å². The highest BCUT2D eigenvalue weighted by Crippen LogP contribution is 1.98. The SMILES string of the molecule is O=C([C@@H](O)[13CH2]O)[C@H](O)[C@H](O)CO. The summed E-state index contributed by atoms with van der Waals surface area (Å²) in [6.45, 7) is -1.61. The Hall–Kier alpha value is -0.530.